The van der Waals surface area contributed by atoms with Crippen LogP contribution in [-0.4, -0.2) is 23.1 Å². The number of hydrogen-bond donors (Lipinski definition) is 0. The molecule has 1 rings (SSSR count). The largest absolute Gasteiger partial charge is 0.459 e. The molecule has 0 saturated carbocycles. The average Bonchev–Trinajstić information content (AvgIpc) is 2.34. The molecule has 0 saturated heterocycles. The van der Waals surface area contributed by atoms with E-state index in [9.17, 15) is 14.4 Å². The molecule has 1 aromatic rings. The van der Waals surface area contributed by atoms with E-state index in [1.807, 2.05) is 0 Å². The van der Waals surface area contributed by atoms with Gasteiger partial charge in [-0.25, -0.2) is 0 Å². The maximum absolute atomic E-state index is 12.1. The van der Waals surface area contributed by atoms with Gasteiger partial charge in [-0.05, 0) is 27.7 Å². The van der Waals surface area contributed by atoms with E-state index in [1.54, 1.807) is 51.1 Å². The molecule has 0 heterocycles. The summed E-state index contributed by atoms with van der Waals surface area (Å²) in [6, 6.07) is 8.60. The fourth-order valence-electron chi connectivity index (χ4n) is 1.69. The van der Waals surface area contributed by atoms with Gasteiger partial charge < -0.3 is 4.74 Å². The minimum Gasteiger partial charge on any atom is -0.459 e. The second kappa shape index (κ2) is 6.46. The highest BCUT2D eigenvalue weighted by molar-refractivity contribution is 6.05. The van der Waals surface area contributed by atoms with E-state index >= 15 is 0 Å². The number of benzene rings is 1. The van der Waals surface area contributed by atoms with Crippen molar-refractivity contribution in [2.24, 2.45) is 5.92 Å². The summed E-state index contributed by atoms with van der Waals surface area (Å²) in [4.78, 5) is 35.6. The van der Waals surface area contributed by atoms with Crippen molar-refractivity contribution in [2.45, 2.75) is 39.7 Å². The third kappa shape index (κ3) is 4.96. The summed E-state index contributed by atoms with van der Waals surface area (Å²) in [5, 5.41) is 0. The van der Waals surface area contributed by atoms with Crippen LogP contribution in [0.2, 0.25) is 0 Å². The number of ether oxygens (including phenoxy) is 1. The van der Waals surface area contributed by atoms with Crippen molar-refractivity contribution in [3.63, 3.8) is 0 Å². The predicted molar refractivity (Wildman–Crippen MR) is 75.4 cm³/mol. The Morgan fingerprint density at radius 3 is 2.10 bits per heavy atom. The zero-order chi connectivity index (χ0) is 15.3. The SMILES string of the molecule is CC(=O)[C@@H](CC(=O)c1ccccc1)C(=O)OC(C)(C)C. The third-order valence-corrected chi connectivity index (χ3v) is 2.67. The van der Waals surface area contributed by atoms with Gasteiger partial charge in [0.15, 0.2) is 5.78 Å². The molecule has 0 N–H and O–H groups in total. The molecule has 0 aliphatic rings. The molecule has 0 radical (unpaired) electrons. The highest BCUT2D eigenvalue weighted by Gasteiger charge is 2.31. The Labute approximate surface area is 119 Å². The standard InChI is InChI=1S/C16H20O4/c1-11(17)13(15(19)20-16(2,3)4)10-14(18)12-8-6-5-7-9-12/h5-9,13H,10H2,1-4H3/t13-/m1/s1. The van der Waals surface area contributed by atoms with Gasteiger partial charge in [-0.3, -0.25) is 14.4 Å². The lowest BCUT2D eigenvalue weighted by atomic mass is 9.95. The van der Waals surface area contributed by atoms with Gasteiger partial charge in [0.2, 0.25) is 0 Å². The first-order valence-electron chi connectivity index (χ1n) is 6.52. The molecule has 4 heteroatoms. The van der Waals surface area contributed by atoms with Crippen molar-refractivity contribution < 1.29 is 19.1 Å². The number of esters is 1. The van der Waals surface area contributed by atoms with Gasteiger partial charge in [-0.2, -0.15) is 0 Å². The van der Waals surface area contributed by atoms with E-state index in [1.165, 1.54) is 6.92 Å². The van der Waals surface area contributed by atoms with Gasteiger partial charge in [0.25, 0.3) is 0 Å². The smallest absolute Gasteiger partial charge is 0.317 e. The van der Waals surface area contributed by atoms with Crippen LogP contribution >= 0.6 is 0 Å². The zero-order valence-electron chi connectivity index (χ0n) is 12.3. The van der Waals surface area contributed by atoms with Crippen LogP contribution in [0.3, 0.4) is 0 Å². The van der Waals surface area contributed by atoms with Gasteiger partial charge in [-0.15, -0.1) is 0 Å². The molecule has 108 valence electrons. The molecular weight excluding hydrogens is 256 g/mol. The maximum atomic E-state index is 12.1. The van der Waals surface area contributed by atoms with Crippen LogP contribution in [-0.2, 0) is 14.3 Å². The lowest BCUT2D eigenvalue weighted by Gasteiger charge is -2.22. The van der Waals surface area contributed by atoms with Crippen LogP contribution in [0.1, 0.15) is 44.5 Å². The molecule has 0 aromatic heterocycles. The van der Waals surface area contributed by atoms with Crippen molar-refractivity contribution in [3.05, 3.63) is 35.9 Å². The fourth-order valence-corrected chi connectivity index (χ4v) is 1.69. The van der Waals surface area contributed by atoms with Gasteiger partial charge in [0.1, 0.15) is 17.3 Å². The number of carbonyl (C=O) groups excluding carboxylic acids is 3. The number of carbonyl (C=O) groups is 3. The Morgan fingerprint density at radius 1 is 1.10 bits per heavy atom. The molecule has 0 amide bonds. The van der Waals surface area contributed by atoms with Crippen molar-refractivity contribution >= 4 is 17.5 Å². The summed E-state index contributed by atoms with van der Waals surface area (Å²) < 4.78 is 5.19. The van der Waals surface area contributed by atoms with E-state index in [2.05, 4.69) is 0 Å². The van der Waals surface area contributed by atoms with Crippen molar-refractivity contribution in [1.82, 2.24) is 0 Å². The molecule has 0 bridgehead atoms. The normalized spacial score (nSPS) is 12.6. The molecular formula is C16H20O4. The number of rotatable bonds is 5. The number of ketones is 2. The fraction of sp³-hybridized carbons (Fsp3) is 0.438. The Balaban J connectivity index is 2.81. The van der Waals surface area contributed by atoms with E-state index < -0.39 is 17.5 Å². The van der Waals surface area contributed by atoms with Crippen molar-refractivity contribution in [3.8, 4) is 0 Å². The lowest BCUT2D eigenvalue weighted by molar-refractivity contribution is -0.161. The van der Waals surface area contributed by atoms with Gasteiger partial charge >= 0.3 is 5.97 Å². The summed E-state index contributed by atoms with van der Waals surface area (Å²) >= 11 is 0. The van der Waals surface area contributed by atoms with Crippen molar-refractivity contribution in [1.29, 1.82) is 0 Å². The van der Waals surface area contributed by atoms with E-state index in [-0.39, 0.29) is 18.0 Å². The van der Waals surface area contributed by atoms with Crippen molar-refractivity contribution in [2.75, 3.05) is 0 Å². The minimum atomic E-state index is -1.04. The Kier molecular flexibility index (Phi) is 5.19. The highest BCUT2D eigenvalue weighted by Crippen LogP contribution is 2.17. The molecule has 0 fully saturated rings. The summed E-state index contributed by atoms with van der Waals surface area (Å²) in [6.45, 7) is 6.47. The van der Waals surface area contributed by atoms with Crippen LogP contribution < -0.4 is 0 Å². The zero-order valence-corrected chi connectivity index (χ0v) is 12.3. The topological polar surface area (TPSA) is 60.4 Å². The Morgan fingerprint density at radius 2 is 1.65 bits per heavy atom. The molecule has 4 nitrogen and oxygen atoms in total. The van der Waals surface area contributed by atoms with Crippen LogP contribution in [0.5, 0.6) is 0 Å². The van der Waals surface area contributed by atoms with Gasteiger partial charge in [0, 0.05) is 12.0 Å². The monoisotopic (exact) mass is 276 g/mol. The van der Waals surface area contributed by atoms with Crippen LogP contribution in [0.15, 0.2) is 30.3 Å². The first-order chi connectivity index (χ1) is 9.20. The first kappa shape index (κ1) is 16.1. The molecule has 0 spiro atoms. The predicted octanol–water partition coefficient (Wildman–Crippen LogP) is 2.81. The second-order valence-electron chi connectivity index (χ2n) is 5.69. The summed E-state index contributed by atoms with van der Waals surface area (Å²) in [5.41, 5.74) is -0.192. The highest BCUT2D eigenvalue weighted by atomic mass is 16.6. The summed E-state index contributed by atoms with van der Waals surface area (Å²) in [7, 11) is 0. The molecule has 1 aromatic carbocycles. The average molecular weight is 276 g/mol. The van der Waals surface area contributed by atoms with E-state index in [0.29, 0.717) is 5.56 Å². The Bertz CT molecular complexity index is 497. The molecule has 20 heavy (non-hydrogen) atoms. The van der Waals surface area contributed by atoms with E-state index in [4.69, 9.17) is 4.74 Å². The summed E-state index contributed by atoms with van der Waals surface area (Å²) in [6.07, 6.45) is -0.158. The molecule has 0 aliphatic carbocycles. The Hall–Kier alpha value is -1.97. The molecule has 0 unspecified atom stereocenters. The van der Waals surface area contributed by atoms with Gasteiger partial charge in [0.05, 0.1) is 0 Å². The summed E-state index contributed by atoms with van der Waals surface area (Å²) in [5.74, 6) is -2.28. The number of Topliss-reactive ketones (excluding diaryl/α,β-unsaturated/α-hetero) is 2. The van der Waals surface area contributed by atoms with E-state index in [0.717, 1.165) is 0 Å². The van der Waals surface area contributed by atoms with Crippen LogP contribution in [0.4, 0.5) is 0 Å². The lowest BCUT2D eigenvalue weighted by Crippen LogP contribution is -2.33. The minimum absolute atomic E-state index is 0.158. The van der Waals surface area contributed by atoms with Gasteiger partial charge in [-0.1, -0.05) is 30.3 Å². The quantitative estimate of drug-likeness (QED) is 0.471. The third-order valence-electron chi connectivity index (χ3n) is 2.67. The first-order valence-corrected chi connectivity index (χ1v) is 6.52. The molecule has 0 aliphatic heterocycles. The van der Waals surface area contributed by atoms with Crippen LogP contribution in [0.25, 0.3) is 0 Å². The van der Waals surface area contributed by atoms with Crippen LogP contribution in [0, 0.1) is 5.92 Å². The number of hydrogen-bond acceptors (Lipinski definition) is 4. The molecule has 1 atom stereocenters. The maximum Gasteiger partial charge on any atom is 0.317 e. The second-order valence-corrected chi connectivity index (χ2v) is 5.69.